The highest BCUT2D eigenvalue weighted by atomic mass is 16.6. The quantitative estimate of drug-likeness (QED) is 0.524. The molecule has 0 spiro atoms. The minimum atomic E-state index is -0.924. The number of carbonyl (C=O) groups excluding carboxylic acids is 1. The first-order chi connectivity index (χ1) is 4.18. The lowest BCUT2D eigenvalue weighted by Crippen LogP contribution is -2.34. The first-order valence-electron chi connectivity index (χ1n) is 2.60. The lowest BCUT2D eigenvalue weighted by Gasteiger charge is -2.23. The van der Waals surface area contributed by atoms with E-state index in [1.54, 1.807) is 0 Å². The van der Waals surface area contributed by atoms with Crippen molar-refractivity contribution >= 4 is 11.9 Å². The topological polar surface area (TPSA) is 63.6 Å². The number of hydrogen-bond acceptors (Lipinski definition) is 3. The Balaban J connectivity index is 2.18. The van der Waals surface area contributed by atoms with Gasteiger partial charge in [-0.1, -0.05) is 0 Å². The zero-order valence-electron chi connectivity index (χ0n) is 4.66. The summed E-state index contributed by atoms with van der Waals surface area (Å²) in [6.07, 6.45) is -0.173. The second-order valence-electron chi connectivity index (χ2n) is 1.91. The van der Waals surface area contributed by atoms with Crippen LogP contribution in [0.25, 0.3) is 0 Å². The number of rotatable bonds is 2. The molecule has 1 saturated heterocycles. The summed E-state index contributed by atoms with van der Waals surface area (Å²) in [6, 6.07) is 0. The van der Waals surface area contributed by atoms with Gasteiger partial charge >= 0.3 is 11.9 Å². The van der Waals surface area contributed by atoms with Crippen molar-refractivity contribution < 1.29 is 19.4 Å². The second kappa shape index (κ2) is 2.05. The van der Waals surface area contributed by atoms with Crippen molar-refractivity contribution in [2.75, 3.05) is 0 Å². The number of carbonyl (C=O) groups is 2. The molecule has 0 aromatic heterocycles. The molecule has 9 heavy (non-hydrogen) atoms. The molecule has 0 aromatic carbocycles. The summed E-state index contributed by atoms with van der Waals surface area (Å²) in [5.74, 6) is -1.23. The Morgan fingerprint density at radius 1 is 1.89 bits per heavy atom. The first-order valence-corrected chi connectivity index (χ1v) is 2.60. The van der Waals surface area contributed by atoms with Crippen molar-refractivity contribution in [3.05, 3.63) is 0 Å². The molecule has 0 aromatic rings. The first kappa shape index (κ1) is 6.07. The van der Waals surface area contributed by atoms with Gasteiger partial charge in [-0.2, -0.15) is 0 Å². The molecule has 1 N–H and O–H groups in total. The molecule has 0 unspecified atom stereocenters. The van der Waals surface area contributed by atoms with E-state index in [9.17, 15) is 9.59 Å². The SMILES string of the molecule is O=C(O)C[C@H]1CC(=O)O1. The zero-order valence-corrected chi connectivity index (χ0v) is 4.66. The maximum Gasteiger partial charge on any atom is 0.309 e. The highest BCUT2D eigenvalue weighted by molar-refractivity contribution is 5.78. The van der Waals surface area contributed by atoms with E-state index in [0.717, 1.165) is 0 Å². The standard InChI is InChI=1S/C5H6O4/c6-4(7)1-3-2-5(8)9-3/h3H,1-2H2,(H,6,7)/t3-/m0/s1. The van der Waals surface area contributed by atoms with E-state index >= 15 is 0 Å². The largest absolute Gasteiger partial charge is 0.481 e. The minimum Gasteiger partial charge on any atom is -0.481 e. The average molecular weight is 130 g/mol. The van der Waals surface area contributed by atoms with Crippen molar-refractivity contribution in [2.24, 2.45) is 0 Å². The van der Waals surface area contributed by atoms with Gasteiger partial charge in [0.15, 0.2) is 0 Å². The fourth-order valence-electron chi connectivity index (χ4n) is 0.671. The van der Waals surface area contributed by atoms with Crippen LogP contribution < -0.4 is 0 Å². The summed E-state index contributed by atoms with van der Waals surface area (Å²) in [4.78, 5) is 20.0. The van der Waals surface area contributed by atoms with Crippen molar-refractivity contribution in [2.45, 2.75) is 18.9 Å². The summed E-state index contributed by atoms with van der Waals surface area (Å²) in [5, 5.41) is 8.14. The van der Waals surface area contributed by atoms with Crippen LogP contribution in [0.5, 0.6) is 0 Å². The number of ether oxygens (including phenoxy) is 1. The fourth-order valence-corrected chi connectivity index (χ4v) is 0.671. The molecule has 0 aliphatic carbocycles. The summed E-state index contributed by atoms with van der Waals surface area (Å²) < 4.78 is 4.43. The normalized spacial score (nSPS) is 24.4. The van der Waals surface area contributed by atoms with Crippen LogP contribution in [0.15, 0.2) is 0 Å². The lowest BCUT2D eigenvalue weighted by molar-refractivity contribution is -0.172. The maximum absolute atomic E-state index is 10.1. The van der Waals surface area contributed by atoms with E-state index < -0.39 is 5.97 Å². The molecule has 1 atom stereocenters. The Hall–Kier alpha value is -1.06. The van der Waals surface area contributed by atoms with Crippen molar-refractivity contribution in [3.63, 3.8) is 0 Å². The van der Waals surface area contributed by atoms with Crippen LogP contribution in [0.4, 0.5) is 0 Å². The molecule has 0 saturated carbocycles. The Bertz CT molecular complexity index is 143. The van der Waals surface area contributed by atoms with Gasteiger partial charge in [0.05, 0.1) is 12.8 Å². The van der Waals surface area contributed by atoms with Gasteiger partial charge in [-0.25, -0.2) is 0 Å². The highest BCUT2D eigenvalue weighted by Crippen LogP contribution is 2.15. The average Bonchev–Trinajstić information content (AvgIpc) is 1.60. The van der Waals surface area contributed by atoms with E-state index in [4.69, 9.17) is 5.11 Å². The summed E-state index contributed by atoms with van der Waals surface area (Å²) in [6.45, 7) is 0. The number of carboxylic acid groups (broad SMARTS) is 1. The van der Waals surface area contributed by atoms with Crippen molar-refractivity contribution in [1.82, 2.24) is 0 Å². The molecule has 4 nitrogen and oxygen atoms in total. The van der Waals surface area contributed by atoms with Gasteiger partial charge in [0.2, 0.25) is 0 Å². The van der Waals surface area contributed by atoms with Crippen LogP contribution in [-0.2, 0) is 14.3 Å². The van der Waals surface area contributed by atoms with Crippen molar-refractivity contribution in [3.8, 4) is 0 Å². The van der Waals surface area contributed by atoms with Crippen LogP contribution in [-0.4, -0.2) is 23.1 Å². The highest BCUT2D eigenvalue weighted by Gasteiger charge is 2.29. The summed E-state index contributed by atoms with van der Waals surface area (Å²) >= 11 is 0. The van der Waals surface area contributed by atoms with Crippen LogP contribution in [0.1, 0.15) is 12.8 Å². The fraction of sp³-hybridized carbons (Fsp3) is 0.600. The molecule has 1 aliphatic heterocycles. The molecule has 1 heterocycles. The lowest BCUT2D eigenvalue weighted by atomic mass is 10.1. The predicted octanol–water partition coefficient (Wildman–Crippen LogP) is -0.223. The molecule has 0 amide bonds. The number of aliphatic carboxylic acids is 1. The summed E-state index contributed by atoms with van der Waals surface area (Å²) in [7, 11) is 0. The molecule has 0 bridgehead atoms. The van der Waals surface area contributed by atoms with Crippen LogP contribution in [0, 0.1) is 0 Å². The monoisotopic (exact) mass is 130 g/mol. The molecule has 0 radical (unpaired) electrons. The Kier molecular flexibility index (Phi) is 1.38. The smallest absolute Gasteiger partial charge is 0.309 e. The van der Waals surface area contributed by atoms with Crippen LogP contribution >= 0.6 is 0 Å². The van der Waals surface area contributed by atoms with Crippen LogP contribution in [0.3, 0.4) is 0 Å². The van der Waals surface area contributed by atoms with Gasteiger partial charge in [0, 0.05) is 0 Å². The van der Waals surface area contributed by atoms with E-state index in [1.807, 2.05) is 0 Å². The number of carboxylic acids is 1. The Morgan fingerprint density at radius 3 is 2.78 bits per heavy atom. The van der Waals surface area contributed by atoms with Crippen molar-refractivity contribution in [1.29, 1.82) is 0 Å². The summed E-state index contributed by atoms with van der Waals surface area (Å²) in [5.41, 5.74) is 0. The maximum atomic E-state index is 10.1. The minimum absolute atomic E-state index is 0.0638. The third-order valence-corrected chi connectivity index (χ3v) is 1.09. The predicted molar refractivity (Wildman–Crippen MR) is 26.7 cm³/mol. The van der Waals surface area contributed by atoms with E-state index in [2.05, 4.69) is 4.74 Å². The molecule has 1 fully saturated rings. The van der Waals surface area contributed by atoms with E-state index in [-0.39, 0.29) is 24.9 Å². The Morgan fingerprint density at radius 2 is 2.44 bits per heavy atom. The van der Waals surface area contributed by atoms with Gasteiger partial charge in [-0.3, -0.25) is 9.59 Å². The third kappa shape index (κ3) is 1.42. The molecule has 50 valence electrons. The van der Waals surface area contributed by atoms with Gasteiger partial charge in [0.25, 0.3) is 0 Å². The number of esters is 1. The van der Waals surface area contributed by atoms with Gasteiger partial charge in [-0.15, -0.1) is 0 Å². The molecule has 1 aliphatic rings. The van der Waals surface area contributed by atoms with E-state index in [1.165, 1.54) is 0 Å². The molecule has 1 rings (SSSR count). The van der Waals surface area contributed by atoms with Gasteiger partial charge in [-0.05, 0) is 0 Å². The van der Waals surface area contributed by atoms with Gasteiger partial charge in [0.1, 0.15) is 6.10 Å². The molecule has 4 heteroatoms. The van der Waals surface area contributed by atoms with Crippen LogP contribution in [0.2, 0.25) is 0 Å². The Labute approximate surface area is 51.4 Å². The molecular weight excluding hydrogens is 124 g/mol. The number of hydrogen-bond donors (Lipinski definition) is 1. The zero-order chi connectivity index (χ0) is 6.85. The number of cyclic esters (lactones) is 1. The van der Waals surface area contributed by atoms with E-state index in [0.29, 0.717) is 0 Å². The van der Waals surface area contributed by atoms with Gasteiger partial charge < -0.3 is 9.84 Å². The second-order valence-corrected chi connectivity index (χ2v) is 1.91. The molecular formula is C5H6O4. The third-order valence-electron chi connectivity index (χ3n) is 1.09.